The number of hydrogen-bond acceptors (Lipinski definition) is 8. The van der Waals surface area contributed by atoms with Crippen molar-refractivity contribution in [1.82, 2.24) is 15.0 Å². The van der Waals surface area contributed by atoms with Crippen LogP contribution in [0.4, 0.5) is 5.95 Å². The zero-order chi connectivity index (χ0) is 19.9. The summed E-state index contributed by atoms with van der Waals surface area (Å²) in [6, 6.07) is 11.4. The van der Waals surface area contributed by atoms with Gasteiger partial charge in [0.05, 0.1) is 26.6 Å². The van der Waals surface area contributed by atoms with Crippen LogP contribution in [0.3, 0.4) is 0 Å². The summed E-state index contributed by atoms with van der Waals surface area (Å²) in [5.74, 6) is 1.55. The van der Waals surface area contributed by atoms with E-state index in [0.29, 0.717) is 17.6 Å². The minimum atomic E-state index is -0.374. The van der Waals surface area contributed by atoms with E-state index >= 15 is 0 Å². The number of methoxy groups -OCH3 is 2. The number of ether oxygens (including phenoxy) is 3. The maximum absolute atomic E-state index is 11.4. The van der Waals surface area contributed by atoms with Crippen LogP contribution in [0.5, 0.6) is 17.4 Å². The first-order chi connectivity index (χ1) is 13.6. The van der Waals surface area contributed by atoms with Gasteiger partial charge in [-0.25, -0.2) is 15.0 Å². The molecule has 2 heterocycles. The number of carbonyl (C=O) groups is 1. The molecule has 0 spiro atoms. The SMILES string of the molecule is COC(=O)CN(C)c1ncc(Oc2ncccc2-c2ccccc2OC)cn1. The molecule has 0 saturated carbocycles. The van der Waals surface area contributed by atoms with Crippen LogP contribution < -0.4 is 14.4 Å². The normalized spacial score (nSPS) is 10.2. The summed E-state index contributed by atoms with van der Waals surface area (Å²) >= 11 is 0. The van der Waals surface area contributed by atoms with E-state index in [1.165, 1.54) is 19.5 Å². The molecule has 1 aromatic carbocycles. The van der Waals surface area contributed by atoms with Crippen LogP contribution in [-0.4, -0.2) is 48.7 Å². The molecule has 3 rings (SSSR count). The molecule has 0 aliphatic heterocycles. The number of likely N-dealkylation sites (N-methyl/N-ethyl adjacent to an activating group) is 1. The summed E-state index contributed by atoms with van der Waals surface area (Å²) in [5.41, 5.74) is 1.65. The Hall–Kier alpha value is -3.68. The number of aromatic nitrogens is 3. The van der Waals surface area contributed by atoms with E-state index in [1.54, 1.807) is 25.3 Å². The quantitative estimate of drug-likeness (QED) is 0.578. The van der Waals surface area contributed by atoms with Crippen molar-refractivity contribution in [3.63, 3.8) is 0 Å². The van der Waals surface area contributed by atoms with Gasteiger partial charge in [0.1, 0.15) is 12.3 Å². The van der Waals surface area contributed by atoms with Crippen LogP contribution >= 0.6 is 0 Å². The van der Waals surface area contributed by atoms with Gasteiger partial charge in [-0.15, -0.1) is 0 Å². The lowest BCUT2D eigenvalue weighted by Gasteiger charge is -2.15. The molecule has 144 valence electrons. The largest absolute Gasteiger partial charge is 0.496 e. The Balaban J connectivity index is 1.82. The lowest BCUT2D eigenvalue weighted by Crippen LogP contribution is -2.27. The van der Waals surface area contributed by atoms with Crippen LogP contribution in [-0.2, 0) is 9.53 Å². The van der Waals surface area contributed by atoms with Crippen LogP contribution in [0.1, 0.15) is 0 Å². The number of benzene rings is 1. The van der Waals surface area contributed by atoms with Crippen molar-refractivity contribution in [3.05, 3.63) is 55.0 Å². The van der Waals surface area contributed by atoms with E-state index in [-0.39, 0.29) is 12.5 Å². The standard InChI is InChI=1S/C20H20N4O4/c1-24(13-18(25)27-3)20-22-11-14(12-23-20)28-19-16(8-6-10-21-19)15-7-4-5-9-17(15)26-2/h4-12H,13H2,1-3H3. The maximum Gasteiger partial charge on any atom is 0.325 e. The first-order valence-corrected chi connectivity index (χ1v) is 8.48. The fourth-order valence-electron chi connectivity index (χ4n) is 2.54. The van der Waals surface area contributed by atoms with Crippen molar-refractivity contribution in [2.45, 2.75) is 0 Å². The zero-order valence-corrected chi connectivity index (χ0v) is 15.8. The third kappa shape index (κ3) is 4.35. The number of anilines is 1. The number of hydrogen-bond donors (Lipinski definition) is 0. The average molecular weight is 380 g/mol. The number of carbonyl (C=O) groups excluding carboxylic acids is 1. The van der Waals surface area contributed by atoms with Crippen LogP contribution in [0.15, 0.2) is 55.0 Å². The van der Waals surface area contributed by atoms with Crippen molar-refractivity contribution in [2.75, 3.05) is 32.7 Å². The van der Waals surface area contributed by atoms with Crippen molar-refractivity contribution in [2.24, 2.45) is 0 Å². The smallest absolute Gasteiger partial charge is 0.325 e. The first-order valence-electron chi connectivity index (χ1n) is 8.48. The molecule has 0 aliphatic rings. The Morgan fingerprint density at radius 2 is 1.71 bits per heavy atom. The highest BCUT2D eigenvalue weighted by Gasteiger charge is 2.14. The second kappa shape index (κ2) is 8.81. The van der Waals surface area contributed by atoms with Crippen LogP contribution in [0.2, 0.25) is 0 Å². The summed E-state index contributed by atoms with van der Waals surface area (Å²) in [6.07, 6.45) is 4.70. The third-order valence-electron chi connectivity index (χ3n) is 3.93. The fraction of sp³-hybridized carbons (Fsp3) is 0.200. The average Bonchev–Trinajstić information content (AvgIpc) is 2.74. The number of nitrogens with zero attached hydrogens (tertiary/aromatic N) is 4. The Morgan fingerprint density at radius 3 is 2.43 bits per heavy atom. The zero-order valence-electron chi connectivity index (χ0n) is 15.8. The molecule has 0 amide bonds. The predicted molar refractivity (Wildman–Crippen MR) is 104 cm³/mol. The van der Waals surface area contributed by atoms with Crippen molar-refractivity contribution in [1.29, 1.82) is 0 Å². The van der Waals surface area contributed by atoms with Crippen molar-refractivity contribution in [3.8, 4) is 28.5 Å². The lowest BCUT2D eigenvalue weighted by molar-refractivity contribution is -0.138. The lowest BCUT2D eigenvalue weighted by atomic mass is 10.1. The van der Waals surface area contributed by atoms with Gasteiger partial charge in [0, 0.05) is 24.4 Å². The van der Waals surface area contributed by atoms with Gasteiger partial charge in [-0.05, 0) is 18.2 Å². The molecule has 0 saturated heterocycles. The topological polar surface area (TPSA) is 86.7 Å². The Kier molecular flexibility index (Phi) is 6.01. The molecule has 8 heteroatoms. The monoisotopic (exact) mass is 380 g/mol. The van der Waals surface area contributed by atoms with E-state index in [2.05, 4.69) is 19.7 Å². The summed E-state index contributed by atoms with van der Waals surface area (Å²) in [7, 11) is 4.65. The summed E-state index contributed by atoms with van der Waals surface area (Å²) in [5, 5.41) is 0. The molecular formula is C20H20N4O4. The highest BCUT2D eigenvalue weighted by Crippen LogP contribution is 2.36. The first kappa shape index (κ1) is 19.1. The minimum Gasteiger partial charge on any atom is -0.496 e. The number of esters is 1. The van der Waals surface area contributed by atoms with E-state index < -0.39 is 0 Å². The fourth-order valence-corrected chi connectivity index (χ4v) is 2.54. The number of rotatable bonds is 7. The predicted octanol–water partition coefficient (Wildman–Crippen LogP) is 2.95. The molecule has 0 bridgehead atoms. The maximum atomic E-state index is 11.4. The van der Waals surface area contributed by atoms with Gasteiger partial charge in [-0.2, -0.15) is 0 Å². The van der Waals surface area contributed by atoms with E-state index in [9.17, 15) is 4.79 Å². The molecular weight excluding hydrogens is 360 g/mol. The Labute approximate surface area is 162 Å². The van der Waals surface area contributed by atoms with E-state index in [4.69, 9.17) is 9.47 Å². The van der Waals surface area contributed by atoms with Crippen molar-refractivity contribution < 1.29 is 19.0 Å². The molecule has 28 heavy (non-hydrogen) atoms. The second-order valence-electron chi connectivity index (χ2n) is 5.81. The third-order valence-corrected chi connectivity index (χ3v) is 3.93. The highest BCUT2D eigenvalue weighted by molar-refractivity contribution is 5.75. The molecule has 2 aromatic heterocycles. The van der Waals surface area contributed by atoms with Gasteiger partial charge in [0.15, 0.2) is 5.75 Å². The molecule has 0 radical (unpaired) electrons. The Morgan fingerprint density at radius 1 is 1.00 bits per heavy atom. The van der Waals surface area contributed by atoms with Gasteiger partial charge in [-0.3, -0.25) is 4.79 Å². The van der Waals surface area contributed by atoms with E-state index in [1.807, 2.05) is 36.4 Å². The van der Waals surface area contributed by atoms with Gasteiger partial charge in [0.2, 0.25) is 11.8 Å². The molecule has 8 nitrogen and oxygen atoms in total. The molecule has 0 fully saturated rings. The van der Waals surface area contributed by atoms with Gasteiger partial charge < -0.3 is 19.1 Å². The van der Waals surface area contributed by atoms with E-state index in [0.717, 1.165) is 16.9 Å². The number of para-hydroxylation sites is 1. The molecule has 0 aliphatic carbocycles. The van der Waals surface area contributed by atoms with Gasteiger partial charge in [0.25, 0.3) is 0 Å². The summed E-state index contributed by atoms with van der Waals surface area (Å²) < 4.78 is 16.0. The molecule has 0 atom stereocenters. The molecule has 0 N–H and O–H groups in total. The van der Waals surface area contributed by atoms with Gasteiger partial charge in [-0.1, -0.05) is 18.2 Å². The van der Waals surface area contributed by atoms with Gasteiger partial charge >= 0.3 is 5.97 Å². The highest BCUT2D eigenvalue weighted by atomic mass is 16.5. The van der Waals surface area contributed by atoms with Crippen LogP contribution in [0.25, 0.3) is 11.1 Å². The molecule has 3 aromatic rings. The Bertz CT molecular complexity index is 947. The summed E-state index contributed by atoms with van der Waals surface area (Å²) in [4.78, 5) is 25.7. The second-order valence-corrected chi connectivity index (χ2v) is 5.81. The summed E-state index contributed by atoms with van der Waals surface area (Å²) in [6.45, 7) is 0.0505. The van der Waals surface area contributed by atoms with Crippen molar-refractivity contribution >= 4 is 11.9 Å². The van der Waals surface area contributed by atoms with Crippen LogP contribution in [0, 0.1) is 0 Å². The minimum absolute atomic E-state index is 0.0505. The number of pyridine rings is 1. The molecule has 0 unspecified atom stereocenters.